The van der Waals surface area contributed by atoms with Crippen molar-refractivity contribution in [1.29, 1.82) is 0 Å². The third kappa shape index (κ3) is 4.22. The summed E-state index contributed by atoms with van der Waals surface area (Å²) in [5, 5.41) is 0. The predicted octanol–water partition coefficient (Wildman–Crippen LogP) is 2.06. The molecule has 2 fully saturated rings. The van der Waals surface area contributed by atoms with Crippen molar-refractivity contribution in [2.24, 2.45) is 5.73 Å². The van der Waals surface area contributed by atoms with Crippen LogP contribution in [0.3, 0.4) is 0 Å². The van der Waals surface area contributed by atoms with Crippen LogP contribution in [0.25, 0.3) is 0 Å². The Hall–Kier alpha value is -0.120. The highest BCUT2D eigenvalue weighted by Crippen LogP contribution is 2.19. The van der Waals surface area contributed by atoms with Gasteiger partial charge in [0.25, 0.3) is 0 Å². The lowest BCUT2D eigenvalue weighted by Crippen LogP contribution is -2.45. The number of hydrogen-bond donors (Lipinski definition) is 1. The standard InChI is InChI=1S/C15H31N3/c1-2-15-6-4-3-5-9-18(15)13-12-17-10-7-14(16)8-11-17/h14-15H,2-13,16H2,1H3. The molecule has 2 rings (SSSR count). The molecule has 2 heterocycles. The van der Waals surface area contributed by atoms with Gasteiger partial charge in [0.1, 0.15) is 0 Å². The summed E-state index contributed by atoms with van der Waals surface area (Å²) in [4.78, 5) is 5.36. The van der Waals surface area contributed by atoms with Crippen LogP contribution >= 0.6 is 0 Å². The van der Waals surface area contributed by atoms with Gasteiger partial charge in [0, 0.05) is 25.2 Å². The van der Waals surface area contributed by atoms with Gasteiger partial charge in [0.05, 0.1) is 0 Å². The van der Waals surface area contributed by atoms with Crippen LogP contribution in [0.15, 0.2) is 0 Å². The average molecular weight is 253 g/mol. The molecule has 0 saturated carbocycles. The second-order valence-corrected chi connectivity index (χ2v) is 6.13. The third-order valence-electron chi connectivity index (χ3n) is 4.81. The molecule has 0 aromatic heterocycles. The highest BCUT2D eigenvalue weighted by molar-refractivity contribution is 4.78. The van der Waals surface area contributed by atoms with Crippen molar-refractivity contribution in [3.8, 4) is 0 Å². The van der Waals surface area contributed by atoms with Crippen LogP contribution in [0.4, 0.5) is 0 Å². The minimum atomic E-state index is 0.461. The zero-order chi connectivity index (χ0) is 12.8. The summed E-state index contributed by atoms with van der Waals surface area (Å²) in [7, 11) is 0. The number of hydrogen-bond acceptors (Lipinski definition) is 3. The zero-order valence-corrected chi connectivity index (χ0v) is 12.1. The lowest BCUT2D eigenvalue weighted by Gasteiger charge is -2.34. The van der Waals surface area contributed by atoms with Crippen molar-refractivity contribution >= 4 is 0 Å². The molecule has 0 amide bonds. The van der Waals surface area contributed by atoms with E-state index in [0.717, 1.165) is 6.04 Å². The summed E-state index contributed by atoms with van der Waals surface area (Å²) in [5.41, 5.74) is 5.96. The highest BCUT2D eigenvalue weighted by Gasteiger charge is 2.21. The van der Waals surface area contributed by atoms with E-state index in [9.17, 15) is 0 Å². The first-order valence-corrected chi connectivity index (χ1v) is 8.01. The lowest BCUT2D eigenvalue weighted by atomic mass is 10.1. The Bertz CT molecular complexity index is 224. The van der Waals surface area contributed by atoms with E-state index in [2.05, 4.69) is 16.7 Å². The maximum absolute atomic E-state index is 5.96. The fourth-order valence-corrected chi connectivity index (χ4v) is 3.44. The Labute approximate surface area is 113 Å². The minimum absolute atomic E-state index is 0.461. The Morgan fingerprint density at radius 2 is 1.72 bits per heavy atom. The quantitative estimate of drug-likeness (QED) is 0.832. The first-order chi connectivity index (χ1) is 8.79. The van der Waals surface area contributed by atoms with E-state index in [1.807, 2.05) is 0 Å². The van der Waals surface area contributed by atoms with E-state index in [4.69, 9.17) is 5.73 Å². The minimum Gasteiger partial charge on any atom is -0.328 e. The maximum atomic E-state index is 5.96. The number of nitrogens with zero attached hydrogens (tertiary/aromatic N) is 2. The van der Waals surface area contributed by atoms with E-state index >= 15 is 0 Å². The van der Waals surface area contributed by atoms with Gasteiger partial charge in [-0.2, -0.15) is 0 Å². The van der Waals surface area contributed by atoms with Gasteiger partial charge in [0.15, 0.2) is 0 Å². The van der Waals surface area contributed by atoms with Crippen molar-refractivity contribution in [3.63, 3.8) is 0 Å². The summed E-state index contributed by atoms with van der Waals surface area (Å²) >= 11 is 0. The topological polar surface area (TPSA) is 32.5 Å². The summed E-state index contributed by atoms with van der Waals surface area (Å²) in [6, 6.07) is 1.31. The first kappa shape index (κ1) is 14.3. The third-order valence-corrected chi connectivity index (χ3v) is 4.81. The van der Waals surface area contributed by atoms with Crippen molar-refractivity contribution in [2.75, 3.05) is 32.7 Å². The van der Waals surface area contributed by atoms with Crippen LogP contribution in [0, 0.1) is 0 Å². The number of piperidine rings is 1. The van der Waals surface area contributed by atoms with Crippen molar-refractivity contribution < 1.29 is 0 Å². The molecule has 3 heteroatoms. The molecule has 2 saturated heterocycles. The molecule has 2 N–H and O–H groups in total. The van der Waals surface area contributed by atoms with Crippen molar-refractivity contribution in [2.45, 2.75) is 64.0 Å². The second-order valence-electron chi connectivity index (χ2n) is 6.13. The predicted molar refractivity (Wildman–Crippen MR) is 77.8 cm³/mol. The second kappa shape index (κ2) is 7.46. The van der Waals surface area contributed by atoms with Crippen LogP contribution in [0.1, 0.15) is 51.9 Å². The van der Waals surface area contributed by atoms with Crippen LogP contribution in [0.2, 0.25) is 0 Å². The van der Waals surface area contributed by atoms with E-state index in [0.29, 0.717) is 6.04 Å². The van der Waals surface area contributed by atoms with Gasteiger partial charge in [-0.3, -0.25) is 4.90 Å². The molecule has 0 spiro atoms. The van der Waals surface area contributed by atoms with Gasteiger partial charge in [0.2, 0.25) is 0 Å². The van der Waals surface area contributed by atoms with Crippen LogP contribution in [-0.4, -0.2) is 54.6 Å². The van der Waals surface area contributed by atoms with E-state index in [-0.39, 0.29) is 0 Å². The van der Waals surface area contributed by atoms with Gasteiger partial charge in [-0.25, -0.2) is 0 Å². The summed E-state index contributed by atoms with van der Waals surface area (Å²) in [6.07, 6.45) is 9.40. The highest BCUT2D eigenvalue weighted by atomic mass is 15.2. The first-order valence-electron chi connectivity index (χ1n) is 8.01. The fourth-order valence-electron chi connectivity index (χ4n) is 3.44. The Balaban J connectivity index is 1.73. The lowest BCUT2D eigenvalue weighted by molar-refractivity contribution is 0.143. The molecule has 0 radical (unpaired) electrons. The maximum Gasteiger partial charge on any atom is 0.0112 e. The Kier molecular flexibility index (Phi) is 5.93. The molecule has 18 heavy (non-hydrogen) atoms. The van der Waals surface area contributed by atoms with Crippen LogP contribution < -0.4 is 5.73 Å². The van der Waals surface area contributed by atoms with Crippen molar-refractivity contribution in [3.05, 3.63) is 0 Å². The molecule has 3 nitrogen and oxygen atoms in total. The normalized spacial score (nSPS) is 29.3. The largest absolute Gasteiger partial charge is 0.328 e. The van der Waals surface area contributed by atoms with E-state index in [1.165, 1.54) is 77.7 Å². The average Bonchev–Trinajstić information content (AvgIpc) is 2.63. The number of rotatable bonds is 4. The van der Waals surface area contributed by atoms with E-state index in [1.54, 1.807) is 0 Å². The Morgan fingerprint density at radius 1 is 0.944 bits per heavy atom. The summed E-state index contributed by atoms with van der Waals surface area (Å²) < 4.78 is 0. The number of likely N-dealkylation sites (tertiary alicyclic amines) is 2. The molecule has 106 valence electrons. The molecule has 0 aromatic rings. The van der Waals surface area contributed by atoms with Gasteiger partial charge in [-0.05, 0) is 51.7 Å². The van der Waals surface area contributed by atoms with Gasteiger partial charge < -0.3 is 10.6 Å². The number of nitrogens with two attached hydrogens (primary N) is 1. The SMILES string of the molecule is CCC1CCCCCN1CCN1CCC(N)CC1. The molecule has 0 aromatic carbocycles. The molecule has 2 aliphatic rings. The zero-order valence-electron chi connectivity index (χ0n) is 12.1. The van der Waals surface area contributed by atoms with Crippen molar-refractivity contribution in [1.82, 2.24) is 9.80 Å². The van der Waals surface area contributed by atoms with Gasteiger partial charge in [-0.15, -0.1) is 0 Å². The molecule has 2 aliphatic heterocycles. The fraction of sp³-hybridized carbons (Fsp3) is 1.00. The van der Waals surface area contributed by atoms with Gasteiger partial charge >= 0.3 is 0 Å². The van der Waals surface area contributed by atoms with Crippen LogP contribution in [-0.2, 0) is 0 Å². The molecule has 1 unspecified atom stereocenters. The van der Waals surface area contributed by atoms with E-state index < -0.39 is 0 Å². The van der Waals surface area contributed by atoms with Gasteiger partial charge in [-0.1, -0.05) is 19.8 Å². The molecular weight excluding hydrogens is 222 g/mol. The monoisotopic (exact) mass is 253 g/mol. The molecule has 0 aliphatic carbocycles. The molecule has 0 bridgehead atoms. The summed E-state index contributed by atoms with van der Waals surface area (Å²) in [5.74, 6) is 0. The molecule has 1 atom stereocenters. The smallest absolute Gasteiger partial charge is 0.0112 e. The van der Waals surface area contributed by atoms with Crippen LogP contribution in [0.5, 0.6) is 0 Å². The summed E-state index contributed by atoms with van der Waals surface area (Å²) in [6.45, 7) is 8.63. The Morgan fingerprint density at radius 3 is 2.44 bits per heavy atom. The molecular formula is C15H31N3.